The molecular formula is C16H22FN. The molecule has 2 saturated carbocycles. The molecule has 2 N–H and O–H groups in total. The van der Waals surface area contributed by atoms with E-state index in [2.05, 4.69) is 0 Å². The first-order chi connectivity index (χ1) is 8.76. The van der Waals surface area contributed by atoms with Gasteiger partial charge in [-0.3, -0.25) is 0 Å². The summed E-state index contributed by atoms with van der Waals surface area (Å²) in [6, 6.07) is 6.91. The maximum absolute atomic E-state index is 13.0. The van der Waals surface area contributed by atoms with Gasteiger partial charge in [0.25, 0.3) is 0 Å². The van der Waals surface area contributed by atoms with Gasteiger partial charge < -0.3 is 5.73 Å². The summed E-state index contributed by atoms with van der Waals surface area (Å²) in [5.41, 5.74) is 7.14. The average molecular weight is 247 g/mol. The SMILES string of the molecule is NCC(CC1CC2CCC1C2)c1ccc(F)cc1. The highest BCUT2D eigenvalue weighted by Gasteiger charge is 2.40. The number of nitrogens with two attached hydrogens (primary N) is 1. The molecule has 0 aromatic heterocycles. The molecular weight excluding hydrogens is 225 g/mol. The van der Waals surface area contributed by atoms with Gasteiger partial charge >= 0.3 is 0 Å². The van der Waals surface area contributed by atoms with Crippen molar-refractivity contribution in [2.45, 2.75) is 38.0 Å². The van der Waals surface area contributed by atoms with Gasteiger partial charge in [-0.1, -0.05) is 18.6 Å². The van der Waals surface area contributed by atoms with Crippen molar-refractivity contribution in [2.75, 3.05) is 6.54 Å². The van der Waals surface area contributed by atoms with E-state index < -0.39 is 0 Å². The number of fused-ring (bicyclic) bond motifs is 2. The molecule has 98 valence electrons. The molecule has 4 atom stereocenters. The van der Waals surface area contributed by atoms with E-state index in [4.69, 9.17) is 5.73 Å². The maximum Gasteiger partial charge on any atom is 0.123 e. The van der Waals surface area contributed by atoms with Crippen LogP contribution in [0.5, 0.6) is 0 Å². The molecule has 1 nitrogen and oxygen atoms in total. The zero-order valence-corrected chi connectivity index (χ0v) is 10.8. The minimum Gasteiger partial charge on any atom is -0.330 e. The molecule has 18 heavy (non-hydrogen) atoms. The van der Waals surface area contributed by atoms with Crippen LogP contribution in [0.15, 0.2) is 24.3 Å². The smallest absolute Gasteiger partial charge is 0.123 e. The first-order valence-corrected chi connectivity index (χ1v) is 7.21. The van der Waals surface area contributed by atoms with Crippen LogP contribution in [0.1, 0.15) is 43.6 Å². The van der Waals surface area contributed by atoms with Crippen molar-refractivity contribution in [2.24, 2.45) is 23.5 Å². The molecule has 2 aliphatic rings. The predicted molar refractivity (Wildman–Crippen MR) is 71.8 cm³/mol. The fourth-order valence-electron chi connectivity index (χ4n) is 4.13. The van der Waals surface area contributed by atoms with Crippen molar-refractivity contribution in [1.29, 1.82) is 0 Å². The van der Waals surface area contributed by atoms with Crippen LogP contribution in [0.3, 0.4) is 0 Å². The average Bonchev–Trinajstić information content (AvgIpc) is 2.99. The molecule has 3 rings (SSSR count). The van der Waals surface area contributed by atoms with Crippen LogP contribution in [0.4, 0.5) is 4.39 Å². The Bertz CT molecular complexity index is 400. The van der Waals surface area contributed by atoms with Crippen LogP contribution in [-0.4, -0.2) is 6.54 Å². The van der Waals surface area contributed by atoms with Crippen molar-refractivity contribution in [3.63, 3.8) is 0 Å². The number of hydrogen-bond acceptors (Lipinski definition) is 1. The Hall–Kier alpha value is -0.890. The van der Waals surface area contributed by atoms with Gasteiger partial charge in [0.1, 0.15) is 5.82 Å². The topological polar surface area (TPSA) is 26.0 Å². The summed E-state index contributed by atoms with van der Waals surface area (Å²) in [4.78, 5) is 0. The van der Waals surface area contributed by atoms with Crippen molar-refractivity contribution in [3.8, 4) is 0 Å². The highest BCUT2D eigenvalue weighted by molar-refractivity contribution is 5.21. The van der Waals surface area contributed by atoms with E-state index in [0.29, 0.717) is 12.5 Å². The van der Waals surface area contributed by atoms with Crippen LogP contribution in [-0.2, 0) is 0 Å². The lowest BCUT2D eigenvalue weighted by atomic mass is 9.80. The third-order valence-electron chi connectivity index (χ3n) is 5.10. The van der Waals surface area contributed by atoms with Gasteiger partial charge in [-0.05, 0) is 73.6 Å². The first-order valence-electron chi connectivity index (χ1n) is 7.21. The van der Waals surface area contributed by atoms with Crippen molar-refractivity contribution < 1.29 is 4.39 Å². The molecule has 2 bridgehead atoms. The Labute approximate surface area is 109 Å². The molecule has 2 heteroatoms. The molecule has 4 unspecified atom stereocenters. The normalized spacial score (nSPS) is 31.8. The quantitative estimate of drug-likeness (QED) is 0.862. The monoisotopic (exact) mass is 247 g/mol. The second kappa shape index (κ2) is 5.00. The predicted octanol–water partition coefficient (Wildman–Crippen LogP) is 3.69. The van der Waals surface area contributed by atoms with Gasteiger partial charge in [0, 0.05) is 0 Å². The molecule has 0 aliphatic heterocycles. The molecule has 2 fully saturated rings. The Balaban J connectivity index is 1.67. The highest BCUT2D eigenvalue weighted by Crippen LogP contribution is 2.51. The van der Waals surface area contributed by atoms with E-state index in [9.17, 15) is 4.39 Å². The molecule has 0 radical (unpaired) electrons. The first kappa shape index (κ1) is 12.2. The molecule has 0 spiro atoms. The highest BCUT2D eigenvalue weighted by atomic mass is 19.1. The summed E-state index contributed by atoms with van der Waals surface area (Å²) >= 11 is 0. The summed E-state index contributed by atoms with van der Waals surface area (Å²) in [6.45, 7) is 0.680. The summed E-state index contributed by atoms with van der Waals surface area (Å²) in [7, 11) is 0. The van der Waals surface area contributed by atoms with Gasteiger partial charge in [0.2, 0.25) is 0 Å². The molecule has 1 aromatic rings. The Morgan fingerprint density at radius 2 is 1.94 bits per heavy atom. The summed E-state index contributed by atoms with van der Waals surface area (Å²) in [6.07, 6.45) is 6.93. The van der Waals surface area contributed by atoms with E-state index in [0.717, 1.165) is 17.8 Å². The third kappa shape index (κ3) is 2.31. The van der Waals surface area contributed by atoms with Gasteiger partial charge in [0.15, 0.2) is 0 Å². The Morgan fingerprint density at radius 1 is 1.17 bits per heavy atom. The second-order valence-corrected chi connectivity index (χ2v) is 6.15. The van der Waals surface area contributed by atoms with Crippen LogP contribution < -0.4 is 5.73 Å². The van der Waals surface area contributed by atoms with Crippen LogP contribution >= 0.6 is 0 Å². The zero-order chi connectivity index (χ0) is 12.5. The summed E-state index contributed by atoms with van der Waals surface area (Å²) < 4.78 is 13.0. The Kier molecular flexibility index (Phi) is 3.38. The van der Waals surface area contributed by atoms with E-state index >= 15 is 0 Å². The van der Waals surface area contributed by atoms with Crippen molar-refractivity contribution >= 4 is 0 Å². The lowest BCUT2D eigenvalue weighted by Crippen LogP contribution is -2.19. The molecule has 0 heterocycles. The van der Waals surface area contributed by atoms with Gasteiger partial charge in [0.05, 0.1) is 0 Å². The minimum atomic E-state index is -0.158. The van der Waals surface area contributed by atoms with Gasteiger partial charge in [-0.2, -0.15) is 0 Å². The van der Waals surface area contributed by atoms with E-state index in [1.807, 2.05) is 12.1 Å². The second-order valence-electron chi connectivity index (χ2n) is 6.15. The van der Waals surface area contributed by atoms with Crippen molar-refractivity contribution in [3.05, 3.63) is 35.6 Å². The van der Waals surface area contributed by atoms with E-state index in [1.165, 1.54) is 37.7 Å². The van der Waals surface area contributed by atoms with Gasteiger partial charge in [-0.15, -0.1) is 0 Å². The molecule has 1 aromatic carbocycles. The third-order valence-corrected chi connectivity index (χ3v) is 5.10. The van der Waals surface area contributed by atoms with Crippen LogP contribution in [0.2, 0.25) is 0 Å². The number of benzene rings is 1. The number of rotatable bonds is 4. The molecule has 2 aliphatic carbocycles. The van der Waals surface area contributed by atoms with E-state index in [-0.39, 0.29) is 5.82 Å². The lowest BCUT2D eigenvalue weighted by Gasteiger charge is -2.26. The zero-order valence-electron chi connectivity index (χ0n) is 10.8. The standard InChI is InChI=1S/C16H22FN/c17-16-5-3-12(4-6-16)15(10-18)9-14-8-11-1-2-13(14)7-11/h3-6,11,13-15H,1-2,7-10,18H2. The minimum absolute atomic E-state index is 0.158. The number of halogens is 1. The van der Waals surface area contributed by atoms with Crippen LogP contribution in [0.25, 0.3) is 0 Å². The van der Waals surface area contributed by atoms with Crippen LogP contribution in [0, 0.1) is 23.6 Å². The summed E-state index contributed by atoms with van der Waals surface area (Å²) in [5, 5.41) is 0. The fraction of sp³-hybridized carbons (Fsp3) is 0.625. The largest absolute Gasteiger partial charge is 0.330 e. The summed E-state index contributed by atoms with van der Waals surface area (Å²) in [5.74, 6) is 3.06. The lowest BCUT2D eigenvalue weighted by molar-refractivity contribution is 0.296. The molecule has 0 saturated heterocycles. The van der Waals surface area contributed by atoms with Gasteiger partial charge in [-0.25, -0.2) is 4.39 Å². The fourth-order valence-corrected chi connectivity index (χ4v) is 4.13. The Morgan fingerprint density at radius 3 is 2.50 bits per heavy atom. The van der Waals surface area contributed by atoms with E-state index in [1.54, 1.807) is 12.1 Å². The molecule has 0 amide bonds. The number of hydrogen-bond donors (Lipinski definition) is 1. The van der Waals surface area contributed by atoms with Crippen molar-refractivity contribution in [1.82, 2.24) is 0 Å². The maximum atomic E-state index is 13.0.